The van der Waals surface area contributed by atoms with Crippen molar-refractivity contribution in [3.05, 3.63) is 55.3 Å². The summed E-state index contributed by atoms with van der Waals surface area (Å²) in [6.45, 7) is 1.84. The van der Waals surface area contributed by atoms with Crippen LogP contribution in [0.2, 0.25) is 5.02 Å². The van der Waals surface area contributed by atoms with Crippen molar-refractivity contribution in [3.8, 4) is 0 Å². The van der Waals surface area contributed by atoms with Crippen molar-refractivity contribution in [3.63, 3.8) is 0 Å². The number of carbonyl (C=O) groups excluding carboxylic acids is 1. The Morgan fingerprint density at radius 2 is 2.03 bits per heavy atom. The minimum Gasteiger partial charge on any atom is -0.481 e. The second-order valence-corrected chi connectivity index (χ2v) is 7.77. The molecule has 3 rings (SSSR count). The minimum atomic E-state index is -1.30. The summed E-state index contributed by atoms with van der Waals surface area (Å²) in [4.78, 5) is 54.3. The topological polar surface area (TPSA) is 140 Å². The number of fused-ring (bicyclic) bond motifs is 1. The first-order valence-corrected chi connectivity index (χ1v) is 9.65. The Kier molecular flexibility index (Phi) is 6.09. The zero-order valence-corrected chi connectivity index (χ0v) is 17.7. The van der Waals surface area contributed by atoms with Crippen LogP contribution in [0.15, 0.2) is 34.1 Å². The molecular formula is C19H20ClN5O6. The number of nitro groups is 1. The smallest absolute Gasteiger partial charge is 0.314 e. The third kappa shape index (κ3) is 4.01. The fourth-order valence-corrected chi connectivity index (χ4v) is 3.92. The van der Waals surface area contributed by atoms with Gasteiger partial charge in [-0.05, 0) is 21.0 Å². The minimum absolute atomic E-state index is 0.00775. The number of halogens is 1. The van der Waals surface area contributed by atoms with Crippen molar-refractivity contribution in [2.24, 2.45) is 10.9 Å². The van der Waals surface area contributed by atoms with Crippen molar-refractivity contribution in [2.75, 3.05) is 20.6 Å². The van der Waals surface area contributed by atoms with Crippen LogP contribution in [-0.4, -0.2) is 62.5 Å². The predicted octanol–water partition coefficient (Wildman–Crippen LogP) is 2.20. The van der Waals surface area contributed by atoms with Crippen molar-refractivity contribution < 1.29 is 19.6 Å². The number of rotatable bonds is 6. The van der Waals surface area contributed by atoms with Gasteiger partial charge in [-0.15, -0.1) is 0 Å². The van der Waals surface area contributed by atoms with Crippen LogP contribution in [0.5, 0.6) is 0 Å². The van der Waals surface area contributed by atoms with Crippen LogP contribution in [0.25, 0.3) is 0 Å². The number of hydrogen-bond donors (Lipinski definition) is 1. The number of aromatic nitrogens is 2. The van der Waals surface area contributed by atoms with E-state index in [0.29, 0.717) is 6.54 Å². The van der Waals surface area contributed by atoms with E-state index in [9.17, 15) is 29.6 Å². The van der Waals surface area contributed by atoms with E-state index < -0.39 is 40.0 Å². The Morgan fingerprint density at radius 1 is 1.35 bits per heavy atom. The fraction of sp³-hybridized carbons (Fsp3) is 0.368. The second kappa shape index (κ2) is 8.44. The summed E-state index contributed by atoms with van der Waals surface area (Å²) in [5.41, 5.74) is -0.806. The van der Waals surface area contributed by atoms with Crippen LogP contribution in [0.1, 0.15) is 29.7 Å². The molecule has 2 atom stereocenters. The summed E-state index contributed by atoms with van der Waals surface area (Å²) >= 11 is 6.30. The van der Waals surface area contributed by atoms with Crippen LogP contribution in [0.4, 0.5) is 11.5 Å². The summed E-state index contributed by atoms with van der Waals surface area (Å²) in [5, 5.41) is 21.0. The zero-order chi connectivity index (χ0) is 23.0. The third-order valence-electron chi connectivity index (χ3n) is 5.03. The van der Waals surface area contributed by atoms with E-state index in [1.54, 1.807) is 19.0 Å². The fourth-order valence-electron chi connectivity index (χ4n) is 3.62. The molecule has 164 valence electrons. The van der Waals surface area contributed by atoms with Gasteiger partial charge in [-0.2, -0.15) is 4.68 Å². The van der Waals surface area contributed by atoms with Crippen LogP contribution in [0.3, 0.4) is 0 Å². The summed E-state index contributed by atoms with van der Waals surface area (Å²) in [5.74, 6) is -3.05. The van der Waals surface area contributed by atoms with Gasteiger partial charge in [-0.3, -0.25) is 24.5 Å². The summed E-state index contributed by atoms with van der Waals surface area (Å²) in [6.07, 6.45) is -0.00775. The van der Waals surface area contributed by atoms with E-state index in [-0.39, 0.29) is 28.5 Å². The van der Waals surface area contributed by atoms with Gasteiger partial charge < -0.3 is 10.0 Å². The maximum absolute atomic E-state index is 12.9. The molecule has 1 aliphatic heterocycles. The summed E-state index contributed by atoms with van der Waals surface area (Å²) in [7, 11) is 3.53. The lowest BCUT2D eigenvalue weighted by atomic mass is 9.88. The van der Waals surface area contributed by atoms with Gasteiger partial charge in [0.1, 0.15) is 10.9 Å². The average Bonchev–Trinajstić information content (AvgIpc) is 3.00. The highest BCUT2D eigenvalue weighted by Gasteiger charge is 2.42. The molecule has 0 amide bonds. The SMILES string of the molecule is CC1=Nc2cc(=O)n(C(=O)CCN(C)C)n2C(c2cccc([N+](=O)[O-])c2Cl)C1C(=O)O. The van der Waals surface area contributed by atoms with E-state index in [0.717, 1.165) is 10.7 Å². The number of nitro benzene ring substituents is 1. The molecule has 12 heteroatoms. The van der Waals surface area contributed by atoms with Crippen LogP contribution < -0.4 is 5.56 Å². The number of carboxylic acid groups (broad SMARTS) is 1. The zero-order valence-electron chi connectivity index (χ0n) is 17.0. The lowest BCUT2D eigenvalue weighted by Crippen LogP contribution is -2.41. The first kappa shape index (κ1) is 22.4. The average molecular weight is 450 g/mol. The number of carboxylic acids is 1. The van der Waals surface area contributed by atoms with E-state index in [2.05, 4.69) is 4.99 Å². The first-order chi connectivity index (χ1) is 14.5. The number of benzene rings is 1. The molecule has 0 radical (unpaired) electrons. The molecule has 0 saturated carbocycles. The Labute approximate surface area is 181 Å². The molecule has 0 aliphatic carbocycles. The molecule has 1 aromatic carbocycles. The maximum atomic E-state index is 12.9. The number of nitrogens with zero attached hydrogens (tertiary/aromatic N) is 5. The van der Waals surface area contributed by atoms with Gasteiger partial charge in [-0.25, -0.2) is 9.67 Å². The van der Waals surface area contributed by atoms with Gasteiger partial charge in [0.05, 0.1) is 11.0 Å². The number of aliphatic carboxylic acids is 1. The molecule has 0 spiro atoms. The molecular weight excluding hydrogens is 430 g/mol. The molecule has 2 unspecified atom stereocenters. The van der Waals surface area contributed by atoms with Crippen molar-refractivity contribution in [1.29, 1.82) is 0 Å². The van der Waals surface area contributed by atoms with Gasteiger partial charge >= 0.3 is 5.97 Å². The lowest BCUT2D eigenvalue weighted by Gasteiger charge is -2.32. The Hall–Kier alpha value is -3.31. The second-order valence-electron chi connectivity index (χ2n) is 7.40. The van der Waals surface area contributed by atoms with Crippen LogP contribution in [-0.2, 0) is 4.79 Å². The molecule has 0 bridgehead atoms. The monoisotopic (exact) mass is 449 g/mol. The number of carbonyl (C=O) groups is 2. The van der Waals surface area contributed by atoms with Gasteiger partial charge in [0.15, 0.2) is 5.82 Å². The Balaban J connectivity index is 2.29. The molecule has 1 aromatic heterocycles. The van der Waals surface area contributed by atoms with Crippen LogP contribution >= 0.6 is 11.6 Å². The molecule has 2 aromatic rings. The lowest BCUT2D eigenvalue weighted by molar-refractivity contribution is -0.384. The third-order valence-corrected chi connectivity index (χ3v) is 5.44. The van der Waals surface area contributed by atoms with Gasteiger partial charge in [-0.1, -0.05) is 23.7 Å². The van der Waals surface area contributed by atoms with Crippen molar-refractivity contribution >= 4 is 40.7 Å². The quantitative estimate of drug-likeness (QED) is 0.526. The standard InChI is InChI=1S/C19H20ClN5O6/c1-10-16(19(28)29)18(11-5-4-6-12(17(11)20)25(30)31)23-13(21-10)9-15(27)24(23)14(26)7-8-22(2)3/h4-6,9,16,18H,7-8H2,1-3H3,(H,28,29). The van der Waals surface area contributed by atoms with Gasteiger partial charge in [0, 0.05) is 36.4 Å². The van der Waals surface area contributed by atoms with Crippen LogP contribution in [0, 0.1) is 16.0 Å². The number of hydrogen-bond acceptors (Lipinski definition) is 7. The molecule has 1 N–H and O–H groups in total. The normalized spacial score (nSPS) is 17.9. The molecule has 2 heterocycles. The molecule has 11 nitrogen and oxygen atoms in total. The van der Waals surface area contributed by atoms with Gasteiger partial charge in [0.25, 0.3) is 11.2 Å². The number of aliphatic imine (C=N–C) groups is 1. The molecule has 1 aliphatic rings. The van der Waals surface area contributed by atoms with E-state index in [1.807, 2.05) is 0 Å². The highest BCUT2D eigenvalue weighted by molar-refractivity contribution is 6.33. The molecule has 31 heavy (non-hydrogen) atoms. The highest BCUT2D eigenvalue weighted by Crippen LogP contribution is 2.41. The summed E-state index contributed by atoms with van der Waals surface area (Å²) in [6, 6.07) is 3.95. The van der Waals surface area contributed by atoms with Crippen molar-refractivity contribution in [2.45, 2.75) is 19.4 Å². The van der Waals surface area contributed by atoms with Gasteiger partial charge in [0.2, 0.25) is 5.91 Å². The van der Waals surface area contributed by atoms with E-state index in [1.165, 1.54) is 29.8 Å². The maximum Gasteiger partial charge on any atom is 0.314 e. The van der Waals surface area contributed by atoms with Crippen molar-refractivity contribution in [1.82, 2.24) is 14.3 Å². The Bertz CT molecular complexity index is 1170. The molecule has 0 fully saturated rings. The van der Waals surface area contributed by atoms with E-state index >= 15 is 0 Å². The van der Waals surface area contributed by atoms with E-state index in [4.69, 9.17) is 11.6 Å². The predicted molar refractivity (Wildman–Crippen MR) is 113 cm³/mol. The highest BCUT2D eigenvalue weighted by atomic mass is 35.5. The molecule has 0 saturated heterocycles. The summed E-state index contributed by atoms with van der Waals surface area (Å²) < 4.78 is 2.02. The Morgan fingerprint density at radius 3 is 2.61 bits per heavy atom. The largest absolute Gasteiger partial charge is 0.481 e. The first-order valence-electron chi connectivity index (χ1n) is 9.27.